The van der Waals surface area contributed by atoms with E-state index in [2.05, 4.69) is 86.8 Å². The molecule has 60 heavy (non-hydrogen) atoms. The third kappa shape index (κ3) is 8.32. The lowest BCUT2D eigenvalue weighted by Crippen LogP contribution is -2.57. The van der Waals surface area contributed by atoms with Gasteiger partial charge < -0.3 is 19.1 Å². The van der Waals surface area contributed by atoms with Crippen LogP contribution in [0.1, 0.15) is 185 Å². The van der Waals surface area contributed by atoms with Gasteiger partial charge in [-0.3, -0.25) is 0 Å². The van der Waals surface area contributed by atoms with Crippen molar-refractivity contribution in [2.45, 2.75) is 209 Å². The van der Waals surface area contributed by atoms with Crippen LogP contribution in [0.3, 0.4) is 0 Å². The number of allylic oxidation sites excluding steroid dienone is 1. The average molecular weight is 828 g/mol. The van der Waals surface area contributed by atoms with E-state index in [9.17, 15) is 0 Å². The van der Waals surface area contributed by atoms with Gasteiger partial charge in [0.2, 0.25) is 0 Å². The van der Waals surface area contributed by atoms with E-state index in [0.29, 0.717) is 63.8 Å². The summed E-state index contributed by atoms with van der Waals surface area (Å²) in [4.78, 5) is 2.73. The van der Waals surface area contributed by atoms with E-state index in [1.54, 1.807) is 5.57 Å². The highest BCUT2D eigenvalue weighted by molar-refractivity contribution is 5.30. The first-order chi connectivity index (χ1) is 28.4. The Labute approximate surface area is 369 Å². The maximum absolute atomic E-state index is 7.02. The van der Waals surface area contributed by atoms with Gasteiger partial charge >= 0.3 is 0 Å². The second-order valence-electron chi connectivity index (χ2n) is 26.1. The molecular weight excluding hydrogens is 735 g/mol. The third-order valence-corrected chi connectivity index (χ3v) is 21.7. The van der Waals surface area contributed by atoms with Crippen LogP contribution in [0.25, 0.3) is 0 Å². The van der Waals surface area contributed by atoms with Crippen LogP contribution in [0, 0.1) is 92.7 Å². The van der Waals surface area contributed by atoms with Gasteiger partial charge in [0.1, 0.15) is 12.4 Å². The molecule has 0 radical (unpaired) electrons. The van der Waals surface area contributed by atoms with Crippen molar-refractivity contribution in [2.24, 2.45) is 92.7 Å². The maximum atomic E-state index is 7.02. The minimum atomic E-state index is 0.334. The van der Waals surface area contributed by atoms with Crippen LogP contribution in [0.15, 0.2) is 24.0 Å². The SMILES string of the molecule is C=C1C=C([C@H]2CC[C@]3(C)C4CCC5C[C@@H](CC6C[C@@H](C)C(C[C@H]7C[C@H](C)[C@H](CC8CCN(CC9CC(C)(C)C9)CC(C)O8)[C@H](C)O7)[C@@H](C)C6)CC[C@]5(C)C4CC[C@]23C)CO1. The summed E-state index contributed by atoms with van der Waals surface area (Å²) >= 11 is 0. The molecule has 8 fully saturated rings. The first kappa shape index (κ1) is 44.4. The average Bonchev–Trinajstić information content (AvgIpc) is 3.65. The van der Waals surface area contributed by atoms with Crippen molar-refractivity contribution in [2.75, 3.05) is 26.2 Å². The lowest BCUT2D eigenvalue weighted by molar-refractivity contribution is -0.156. The van der Waals surface area contributed by atoms with E-state index >= 15 is 0 Å². The molecule has 0 N–H and O–H groups in total. The lowest BCUT2D eigenvalue weighted by Gasteiger charge is -2.65. The Morgan fingerprint density at radius 2 is 1.38 bits per heavy atom. The van der Waals surface area contributed by atoms with Gasteiger partial charge in [0.05, 0.1) is 24.4 Å². The van der Waals surface area contributed by atoms with Gasteiger partial charge in [0.25, 0.3) is 0 Å². The van der Waals surface area contributed by atoms with Crippen LogP contribution in [0.5, 0.6) is 0 Å². The molecule has 340 valence electrons. The van der Waals surface area contributed by atoms with Gasteiger partial charge in [-0.1, -0.05) is 62.0 Å². The van der Waals surface area contributed by atoms with Gasteiger partial charge in [-0.05, 0) is 234 Å². The molecule has 0 aromatic rings. The van der Waals surface area contributed by atoms with Gasteiger partial charge in [-0.2, -0.15) is 0 Å². The molecule has 9 rings (SSSR count). The van der Waals surface area contributed by atoms with Crippen molar-refractivity contribution in [3.8, 4) is 0 Å². The van der Waals surface area contributed by atoms with Crippen LogP contribution in [0.4, 0.5) is 0 Å². The van der Waals surface area contributed by atoms with Crippen molar-refractivity contribution < 1.29 is 14.2 Å². The maximum Gasteiger partial charge on any atom is 0.112 e. The molecular formula is C56H93NO3. The Morgan fingerprint density at radius 1 is 0.667 bits per heavy atom. The fourth-order valence-corrected chi connectivity index (χ4v) is 18.7. The summed E-state index contributed by atoms with van der Waals surface area (Å²) in [5.74, 6) is 11.0. The Morgan fingerprint density at radius 3 is 2.08 bits per heavy atom. The molecule has 0 spiro atoms. The van der Waals surface area contributed by atoms with Gasteiger partial charge in [0, 0.05) is 19.6 Å². The quantitative estimate of drug-likeness (QED) is 0.232. The Kier molecular flexibility index (Phi) is 12.5. The van der Waals surface area contributed by atoms with Crippen LogP contribution in [-0.2, 0) is 14.2 Å². The fourth-order valence-electron chi connectivity index (χ4n) is 18.7. The largest absolute Gasteiger partial charge is 0.490 e. The molecule has 2 saturated heterocycles. The highest BCUT2D eigenvalue weighted by Crippen LogP contribution is 2.74. The molecule has 0 aromatic heterocycles. The van der Waals surface area contributed by atoms with Gasteiger partial charge in [-0.15, -0.1) is 0 Å². The summed E-state index contributed by atoms with van der Waals surface area (Å²) in [6.45, 7) is 34.2. The van der Waals surface area contributed by atoms with Crippen LogP contribution < -0.4 is 0 Å². The highest BCUT2D eigenvalue weighted by Gasteiger charge is 2.66. The van der Waals surface area contributed by atoms with E-state index in [4.69, 9.17) is 14.2 Å². The second kappa shape index (κ2) is 16.9. The van der Waals surface area contributed by atoms with E-state index < -0.39 is 0 Å². The van der Waals surface area contributed by atoms with Crippen LogP contribution >= 0.6 is 0 Å². The predicted molar refractivity (Wildman–Crippen MR) is 248 cm³/mol. The summed E-state index contributed by atoms with van der Waals surface area (Å²) in [5, 5.41) is 0. The zero-order valence-electron chi connectivity index (χ0n) is 40.8. The van der Waals surface area contributed by atoms with E-state index in [1.807, 2.05) is 0 Å². The monoisotopic (exact) mass is 828 g/mol. The number of hydrogen-bond donors (Lipinski definition) is 0. The standard InChI is InChI=1S/C56H93NO3/c1-35-22-42(26-41-14-18-54(9)45(27-41)12-13-52-51(54)16-20-55(10)50(15-19-56(52,55)11)44-25-38(4)58-34-44)23-36(2)48(35)29-47-24-37(3)49(40(6)60-47)28-46-17-21-57(32-39(5)59-46)33-43-30-53(7,8)31-43/h25,35-37,39-43,45-52H,4,12-24,26-34H2,1-3,5-11H3/t35-,36+,37-,39?,40-,41+,42?,45?,46?,47+,48?,49-,50+,51?,52?,54-,55+,56+/m0/s1. The predicted octanol–water partition coefficient (Wildman–Crippen LogP) is 13.9. The minimum Gasteiger partial charge on any atom is -0.490 e. The van der Waals surface area contributed by atoms with Crippen molar-refractivity contribution >= 4 is 0 Å². The molecule has 9 aliphatic rings. The minimum absolute atomic E-state index is 0.334. The number of ether oxygens (including phenoxy) is 3. The van der Waals surface area contributed by atoms with Crippen molar-refractivity contribution in [1.82, 2.24) is 4.90 Å². The Hall–Kier alpha value is -0.840. The molecule has 4 heteroatoms. The third-order valence-electron chi connectivity index (χ3n) is 21.7. The van der Waals surface area contributed by atoms with E-state index in [-0.39, 0.29) is 0 Å². The summed E-state index contributed by atoms with van der Waals surface area (Å²) in [6.07, 6.45) is 29.1. The topological polar surface area (TPSA) is 30.9 Å². The molecule has 0 amide bonds. The molecule has 6 aliphatic carbocycles. The second-order valence-corrected chi connectivity index (χ2v) is 26.1. The van der Waals surface area contributed by atoms with Crippen LogP contribution in [0.2, 0.25) is 0 Å². The summed E-state index contributed by atoms with van der Waals surface area (Å²) in [5.41, 5.74) is 3.58. The molecule has 6 saturated carbocycles. The Bertz CT molecular complexity index is 1540. The molecule has 4 nitrogen and oxygen atoms in total. The zero-order valence-corrected chi connectivity index (χ0v) is 40.8. The highest BCUT2D eigenvalue weighted by atomic mass is 16.5. The molecule has 18 atom stereocenters. The number of fused-ring (bicyclic) bond motifs is 5. The number of nitrogens with zero attached hydrogens (tertiary/aromatic N) is 1. The summed E-state index contributed by atoms with van der Waals surface area (Å²) in [6, 6.07) is 0. The molecule has 0 aromatic carbocycles. The Balaban J connectivity index is 0.736. The van der Waals surface area contributed by atoms with Crippen molar-refractivity contribution in [3.05, 3.63) is 24.0 Å². The zero-order chi connectivity index (χ0) is 42.4. The first-order valence-corrected chi connectivity index (χ1v) is 26.5. The smallest absolute Gasteiger partial charge is 0.112 e. The number of hydrogen-bond acceptors (Lipinski definition) is 4. The van der Waals surface area contributed by atoms with E-state index in [0.717, 1.165) is 72.2 Å². The molecule has 0 bridgehead atoms. The number of rotatable bonds is 9. The normalized spacial score (nSPS) is 51.1. The lowest BCUT2D eigenvalue weighted by atomic mass is 9.40. The van der Waals surface area contributed by atoms with Gasteiger partial charge in [0.15, 0.2) is 0 Å². The molecule has 3 heterocycles. The van der Waals surface area contributed by atoms with E-state index in [1.165, 1.54) is 129 Å². The summed E-state index contributed by atoms with van der Waals surface area (Å²) in [7, 11) is 0. The fraction of sp³-hybridized carbons (Fsp3) is 0.929. The molecule has 7 unspecified atom stereocenters. The van der Waals surface area contributed by atoms with Crippen molar-refractivity contribution in [3.63, 3.8) is 0 Å². The van der Waals surface area contributed by atoms with Gasteiger partial charge in [-0.25, -0.2) is 0 Å². The van der Waals surface area contributed by atoms with Crippen LogP contribution in [-0.4, -0.2) is 55.6 Å². The first-order valence-electron chi connectivity index (χ1n) is 26.5. The summed E-state index contributed by atoms with van der Waals surface area (Å²) < 4.78 is 19.7. The molecule has 3 aliphatic heterocycles. The van der Waals surface area contributed by atoms with Crippen molar-refractivity contribution in [1.29, 1.82) is 0 Å².